The molecule has 2 N–H and O–H groups in total. The molecule has 0 saturated heterocycles. The number of rotatable bonds is 3. The molecule has 0 unspecified atom stereocenters. The number of furan rings is 1. The minimum Gasteiger partial charge on any atom is -0.478 e. The van der Waals surface area contributed by atoms with Gasteiger partial charge >= 0.3 is 5.97 Å². The van der Waals surface area contributed by atoms with Crippen molar-refractivity contribution in [1.82, 2.24) is 0 Å². The maximum Gasteiger partial charge on any atom is 0.335 e. The van der Waals surface area contributed by atoms with Gasteiger partial charge in [-0.25, -0.2) is 4.79 Å². The van der Waals surface area contributed by atoms with Crippen molar-refractivity contribution < 1.29 is 19.1 Å². The van der Waals surface area contributed by atoms with Crippen LogP contribution in [0.4, 0.5) is 5.69 Å². The summed E-state index contributed by atoms with van der Waals surface area (Å²) in [5.74, 6) is -1.46. The maximum atomic E-state index is 11.7. The molecule has 92 valence electrons. The molecule has 0 saturated carbocycles. The Bertz CT molecular complexity index is 592. The number of carboxylic acid groups (broad SMARTS) is 1. The van der Waals surface area contributed by atoms with E-state index in [2.05, 4.69) is 5.32 Å². The fourth-order valence-electron chi connectivity index (χ4n) is 1.34. The number of halogens is 1. The molecule has 18 heavy (non-hydrogen) atoms. The number of hydrogen-bond donors (Lipinski definition) is 2. The van der Waals surface area contributed by atoms with Crippen molar-refractivity contribution in [3.63, 3.8) is 0 Å². The summed E-state index contributed by atoms with van der Waals surface area (Å²) in [6, 6.07) is 5.58. The minimum atomic E-state index is -1.08. The molecule has 0 bridgehead atoms. The van der Waals surface area contributed by atoms with E-state index in [1.807, 2.05) is 0 Å². The van der Waals surface area contributed by atoms with Crippen molar-refractivity contribution in [2.45, 2.75) is 0 Å². The summed E-state index contributed by atoms with van der Waals surface area (Å²) >= 11 is 5.88. The fourth-order valence-corrected chi connectivity index (χ4v) is 1.57. The van der Waals surface area contributed by atoms with Crippen LogP contribution in [0.25, 0.3) is 0 Å². The van der Waals surface area contributed by atoms with E-state index >= 15 is 0 Å². The Labute approximate surface area is 107 Å². The van der Waals surface area contributed by atoms with E-state index in [4.69, 9.17) is 21.1 Å². The normalized spacial score (nSPS) is 10.1. The first-order chi connectivity index (χ1) is 8.58. The number of benzene rings is 1. The lowest BCUT2D eigenvalue weighted by Crippen LogP contribution is -2.11. The summed E-state index contributed by atoms with van der Waals surface area (Å²) in [6.45, 7) is 0. The van der Waals surface area contributed by atoms with Crippen molar-refractivity contribution in [2.24, 2.45) is 0 Å². The second-order valence-corrected chi connectivity index (χ2v) is 3.87. The molecule has 0 spiro atoms. The lowest BCUT2D eigenvalue weighted by Gasteiger charge is -2.06. The van der Waals surface area contributed by atoms with Crippen molar-refractivity contribution in [1.29, 1.82) is 0 Å². The molecule has 0 aliphatic rings. The van der Waals surface area contributed by atoms with Gasteiger partial charge in [0.05, 0.1) is 28.1 Å². The molecule has 0 aliphatic carbocycles. The predicted molar refractivity (Wildman–Crippen MR) is 65.1 cm³/mol. The van der Waals surface area contributed by atoms with Crippen molar-refractivity contribution in [3.8, 4) is 0 Å². The zero-order chi connectivity index (χ0) is 13.1. The van der Waals surface area contributed by atoms with E-state index in [1.54, 1.807) is 0 Å². The van der Waals surface area contributed by atoms with Crippen LogP contribution in [0.2, 0.25) is 5.02 Å². The first-order valence-electron chi connectivity index (χ1n) is 4.94. The van der Waals surface area contributed by atoms with Gasteiger partial charge in [0.15, 0.2) is 0 Å². The fraction of sp³-hybridized carbons (Fsp3) is 0. The standard InChI is InChI=1S/C12H8ClNO4/c13-9-5-7(12(16)17)1-2-10(9)14-11(15)8-3-4-18-6-8/h1-6H,(H,14,15)(H,16,17). The number of aromatic carboxylic acids is 1. The van der Waals surface area contributed by atoms with Gasteiger partial charge in [-0.3, -0.25) is 4.79 Å². The van der Waals surface area contributed by atoms with Crippen LogP contribution < -0.4 is 5.32 Å². The third kappa shape index (κ3) is 2.52. The zero-order valence-electron chi connectivity index (χ0n) is 9.01. The summed E-state index contributed by atoms with van der Waals surface area (Å²) < 4.78 is 4.78. The average molecular weight is 266 g/mol. The van der Waals surface area contributed by atoms with E-state index in [9.17, 15) is 9.59 Å². The molecule has 6 heteroatoms. The molecule has 1 aromatic heterocycles. The van der Waals surface area contributed by atoms with Gasteiger partial charge in [-0.15, -0.1) is 0 Å². The smallest absolute Gasteiger partial charge is 0.335 e. The van der Waals surface area contributed by atoms with Crippen LogP contribution in [0.3, 0.4) is 0 Å². The lowest BCUT2D eigenvalue weighted by atomic mass is 10.2. The Balaban J connectivity index is 2.20. The van der Waals surface area contributed by atoms with Gasteiger partial charge in [0.25, 0.3) is 5.91 Å². The second kappa shape index (κ2) is 4.93. The van der Waals surface area contributed by atoms with E-state index in [0.717, 1.165) is 0 Å². The second-order valence-electron chi connectivity index (χ2n) is 3.47. The first-order valence-corrected chi connectivity index (χ1v) is 5.32. The number of carbonyl (C=O) groups is 2. The van der Waals surface area contributed by atoms with Crippen LogP contribution in [0.1, 0.15) is 20.7 Å². The molecular formula is C12H8ClNO4. The molecule has 0 aliphatic heterocycles. The van der Waals surface area contributed by atoms with Gasteiger partial charge in [0.2, 0.25) is 0 Å². The molecule has 2 aromatic rings. The van der Waals surface area contributed by atoms with Gasteiger partial charge < -0.3 is 14.8 Å². The third-order valence-electron chi connectivity index (χ3n) is 2.25. The maximum absolute atomic E-state index is 11.7. The van der Waals surface area contributed by atoms with Crippen LogP contribution in [0.15, 0.2) is 41.2 Å². The summed E-state index contributed by atoms with van der Waals surface area (Å²) in [5, 5.41) is 11.5. The Morgan fingerprint density at radius 2 is 2.00 bits per heavy atom. The Morgan fingerprint density at radius 3 is 2.56 bits per heavy atom. The first kappa shape index (κ1) is 12.2. The Morgan fingerprint density at radius 1 is 1.22 bits per heavy atom. The van der Waals surface area contributed by atoms with Crippen LogP contribution >= 0.6 is 11.6 Å². The quantitative estimate of drug-likeness (QED) is 0.894. The molecular weight excluding hydrogens is 258 g/mol. The van der Waals surface area contributed by atoms with Gasteiger partial charge in [0, 0.05) is 0 Å². The van der Waals surface area contributed by atoms with Crippen LogP contribution in [-0.4, -0.2) is 17.0 Å². The largest absolute Gasteiger partial charge is 0.478 e. The van der Waals surface area contributed by atoms with Gasteiger partial charge in [-0.05, 0) is 24.3 Å². The number of nitrogens with one attached hydrogen (secondary N) is 1. The molecule has 0 atom stereocenters. The van der Waals surface area contributed by atoms with Gasteiger partial charge in [0.1, 0.15) is 6.26 Å². The van der Waals surface area contributed by atoms with Crippen LogP contribution in [-0.2, 0) is 0 Å². The highest BCUT2D eigenvalue weighted by Crippen LogP contribution is 2.23. The molecule has 1 amide bonds. The molecule has 1 heterocycles. The van der Waals surface area contributed by atoms with E-state index in [-0.39, 0.29) is 16.5 Å². The topological polar surface area (TPSA) is 79.5 Å². The number of carbonyl (C=O) groups excluding carboxylic acids is 1. The summed E-state index contributed by atoms with van der Waals surface area (Å²) in [5.41, 5.74) is 0.752. The highest BCUT2D eigenvalue weighted by atomic mass is 35.5. The van der Waals surface area contributed by atoms with Gasteiger partial charge in [-0.1, -0.05) is 11.6 Å². The summed E-state index contributed by atoms with van der Waals surface area (Å²) in [6.07, 6.45) is 2.68. The van der Waals surface area contributed by atoms with E-state index in [1.165, 1.54) is 36.8 Å². The number of hydrogen-bond acceptors (Lipinski definition) is 3. The zero-order valence-corrected chi connectivity index (χ0v) is 9.77. The molecule has 2 rings (SSSR count). The lowest BCUT2D eigenvalue weighted by molar-refractivity contribution is 0.0696. The molecule has 0 radical (unpaired) electrons. The highest BCUT2D eigenvalue weighted by molar-refractivity contribution is 6.34. The number of anilines is 1. The predicted octanol–water partition coefficient (Wildman–Crippen LogP) is 2.88. The molecule has 0 fully saturated rings. The van der Waals surface area contributed by atoms with Crippen molar-refractivity contribution in [3.05, 3.63) is 52.9 Å². The van der Waals surface area contributed by atoms with Crippen LogP contribution in [0.5, 0.6) is 0 Å². The monoisotopic (exact) mass is 265 g/mol. The summed E-state index contributed by atoms with van der Waals surface area (Å²) in [7, 11) is 0. The van der Waals surface area contributed by atoms with E-state index < -0.39 is 5.97 Å². The van der Waals surface area contributed by atoms with E-state index in [0.29, 0.717) is 11.3 Å². The molecule has 5 nitrogen and oxygen atoms in total. The Kier molecular flexibility index (Phi) is 3.34. The Hall–Kier alpha value is -2.27. The highest BCUT2D eigenvalue weighted by Gasteiger charge is 2.11. The van der Waals surface area contributed by atoms with Crippen LogP contribution in [0, 0.1) is 0 Å². The third-order valence-corrected chi connectivity index (χ3v) is 2.56. The average Bonchev–Trinajstić information content (AvgIpc) is 2.85. The van der Waals surface area contributed by atoms with Crippen molar-refractivity contribution >= 4 is 29.2 Å². The summed E-state index contributed by atoms with van der Waals surface area (Å²) in [4.78, 5) is 22.4. The SMILES string of the molecule is O=C(O)c1ccc(NC(=O)c2ccoc2)c(Cl)c1. The molecule has 1 aromatic carbocycles. The van der Waals surface area contributed by atoms with Crippen molar-refractivity contribution in [2.75, 3.05) is 5.32 Å². The minimum absolute atomic E-state index is 0.0568. The number of carboxylic acids is 1. The van der Waals surface area contributed by atoms with Gasteiger partial charge in [-0.2, -0.15) is 0 Å². The number of amides is 1.